The predicted molar refractivity (Wildman–Crippen MR) is 72.7 cm³/mol. The Morgan fingerprint density at radius 2 is 2.00 bits per heavy atom. The molecule has 0 aliphatic carbocycles. The highest BCUT2D eigenvalue weighted by Crippen LogP contribution is 2.17. The summed E-state index contributed by atoms with van der Waals surface area (Å²) in [5.41, 5.74) is 0.377. The van der Waals surface area contributed by atoms with Crippen LogP contribution in [0.25, 0.3) is 0 Å². The van der Waals surface area contributed by atoms with Crippen molar-refractivity contribution in [2.24, 2.45) is 5.41 Å². The zero-order valence-electron chi connectivity index (χ0n) is 11.6. The van der Waals surface area contributed by atoms with Gasteiger partial charge in [-0.3, -0.25) is 4.79 Å². The highest BCUT2D eigenvalue weighted by atomic mass is 16.2. The third-order valence-corrected chi connectivity index (χ3v) is 2.63. The first kappa shape index (κ1) is 14.2. The lowest BCUT2D eigenvalue weighted by atomic mass is 9.92. The number of anilines is 2. The number of aryl methyl sites for hydroxylation is 1. The molecule has 18 heavy (non-hydrogen) atoms. The molecule has 0 aliphatic rings. The summed E-state index contributed by atoms with van der Waals surface area (Å²) in [5, 5.41) is 8.71. The first-order chi connectivity index (χ1) is 8.39. The van der Waals surface area contributed by atoms with Crippen LogP contribution in [0.5, 0.6) is 0 Å². The second-order valence-corrected chi connectivity index (χ2v) is 4.78. The molecule has 0 saturated carbocycles. The van der Waals surface area contributed by atoms with Crippen molar-refractivity contribution >= 4 is 17.7 Å². The lowest BCUT2D eigenvalue weighted by Gasteiger charge is -2.23. The molecule has 6 heteroatoms. The number of nitrogens with zero attached hydrogens (tertiary/aromatic N) is 2. The third kappa shape index (κ3) is 3.58. The molecule has 0 radical (unpaired) electrons. The zero-order valence-corrected chi connectivity index (χ0v) is 11.6. The Balaban J connectivity index is 2.74. The van der Waals surface area contributed by atoms with Crippen LogP contribution in [0.4, 0.5) is 11.8 Å². The van der Waals surface area contributed by atoms with E-state index in [1.165, 1.54) is 0 Å². The molecule has 0 fully saturated rings. The second kappa shape index (κ2) is 5.66. The van der Waals surface area contributed by atoms with Crippen LogP contribution < -0.4 is 16.0 Å². The molecule has 1 aromatic heterocycles. The SMILES string of the molecule is CNC(=O)C(C)(C)CNc1cc(C)nc(NC)n1. The first-order valence-corrected chi connectivity index (χ1v) is 5.88. The Bertz CT molecular complexity index is 430. The van der Waals surface area contributed by atoms with Gasteiger partial charge in [-0.15, -0.1) is 0 Å². The number of carbonyl (C=O) groups excluding carboxylic acids is 1. The molecule has 1 aromatic rings. The average molecular weight is 251 g/mol. The van der Waals surface area contributed by atoms with Crippen LogP contribution in [0, 0.1) is 12.3 Å². The van der Waals surface area contributed by atoms with Crippen molar-refractivity contribution < 1.29 is 4.79 Å². The van der Waals surface area contributed by atoms with Gasteiger partial charge in [0.25, 0.3) is 0 Å². The van der Waals surface area contributed by atoms with Gasteiger partial charge in [-0.25, -0.2) is 4.98 Å². The van der Waals surface area contributed by atoms with Crippen LogP contribution in [0.15, 0.2) is 6.07 Å². The molecule has 0 saturated heterocycles. The smallest absolute Gasteiger partial charge is 0.227 e. The van der Waals surface area contributed by atoms with Crippen molar-refractivity contribution in [3.8, 4) is 0 Å². The van der Waals surface area contributed by atoms with Gasteiger partial charge in [-0.1, -0.05) is 0 Å². The minimum Gasteiger partial charge on any atom is -0.369 e. The molecule has 1 amide bonds. The van der Waals surface area contributed by atoms with E-state index in [0.29, 0.717) is 18.3 Å². The summed E-state index contributed by atoms with van der Waals surface area (Å²) in [4.78, 5) is 20.1. The van der Waals surface area contributed by atoms with E-state index in [1.54, 1.807) is 14.1 Å². The molecular formula is C12H21N5O. The highest BCUT2D eigenvalue weighted by Gasteiger charge is 2.26. The number of nitrogens with one attached hydrogen (secondary N) is 3. The monoisotopic (exact) mass is 251 g/mol. The largest absolute Gasteiger partial charge is 0.369 e. The summed E-state index contributed by atoms with van der Waals surface area (Å²) >= 11 is 0. The molecular weight excluding hydrogens is 230 g/mol. The fourth-order valence-electron chi connectivity index (χ4n) is 1.50. The molecule has 0 aliphatic heterocycles. The van der Waals surface area contributed by atoms with Crippen LogP contribution in [0.1, 0.15) is 19.5 Å². The van der Waals surface area contributed by atoms with Gasteiger partial charge in [0, 0.05) is 32.4 Å². The van der Waals surface area contributed by atoms with Gasteiger partial charge in [0.05, 0.1) is 5.41 Å². The fraction of sp³-hybridized carbons (Fsp3) is 0.583. The Hall–Kier alpha value is -1.85. The van der Waals surface area contributed by atoms with Crippen molar-refractivity contribution in [2.45, 2.75) is 20.8 Å². The zero-order chi connectivity index (χ0) is 13.8. The van der Waals surface area contributed by atoms with Crippen molar-refractivity contribution in [1.82, 2.24) is 15.3 Å². The Labute approximate surface area is 108 Å². The molecule has 0 spiro atoms. The molecule has 0 atom stereocenters. The lowest BCUT2D eigenvalue weighted by molar-refractivity contribution is -0.128. The summed E-state index contributed by atoms with van der Waals surface area (Å²) in [7, 11) is 3.41. The maximum absolute atomic E-state index is 11.6. The lowest BCUT2D eigenvalue weighted by Crippen LogP contribution is -2.39. The number of amides is 1. The van der Waals surface area contributed by atoms with Gasteiger partial charge < -0.3 is 16.0 Å². The standard InChI is InChI=1S/C12H21N5O/c1-8-6-9(17-11(14-5)16-8)15-7-12(2,3)10(18)13-4/h6H,7H2,1-5H3,(H,13,18)(H2,14,15,16,17). The van der Waals surface area contributed by atoms with E-state index in [-0.39, 0.29) is 5.91 Å². The normalized spacial score (nSPS) is 10.9. The maximum Gasteiger partial charge on any atom is 0.227 e. The molecule has 1 heterocycles. The van der Waals surface area contributed by atoms with Gasteiger partial charge in [0.15, 0.2) is 0 Å². The fourth-order valence-corrected chi connectivity index (χ4v) is 1.50. The molecule has 0 unspecified atom stereocenters. The number of rotatable bonds is 5. The van der Waals surface area contributed by atoms with Gasteiger partial charge >= 0.3 is 0 Å². The highest BCUT2D eigenvalue weighted by molar-refractivity contribution is 5.82. The Morgan fingerprint density at radius 3 is 2.56 bits per heavy atom. The van der Waals surface area contributed by atoms with Crippen molar-refractivity contribution in [3.05, 3.63) is 11.8 Å². The average Bonchev–Trinajstić information content (AvgIpc) is 2.34. The molecule has 0 aromatic carbocycles. The predicted octanol–water partition coefficient (Wildman–Crippen LogP) is 1.01. The summed E-state index contributed by atoms with van der Waals surface area (Å²) in [5.74, 6) is 1.27. The van der Waals surface area contributed by atoms with E-state index in [2.05, 4.69) is 25.9 Å². The minimum absolute atomic E-state index is 0.00498. The van der Waals surface area contributed by atoms with E-state index >= 15 is 0 Å². The van der Waals surface area contributed by atoms with Crippen molar-refractivity contribution in [1.29, 1.82) is 0 Å². The number of hydrogen-bond acceptors (Lipinski definition) is 5. The van der Waals surface area contributed by atoms with Gasteiger partial charge in [-0.05, 0) is 20.8 Å². The number of aromatic nitrogens is 2. The van der Waals surface area contributed by atoms with Crippen LogP contribution >= 0.6 is 0 Å². The minimum atomic E-state index is -0.493. The van der Waals surface area contributed by atoms with Crippen LogP contribution in [-0.2, 0) is 4.79 Å². The first-order valence-electron chi connectivity index (χ1n) is 5.88. The van der Waals surface area contributed by atoms with E-state index in [4.69, 9.17) is 0 Å². The van der Waals surface area contributed by atoms with Crippen molar-refractivity contribution in [3.63, 3.8) is 0 Å². The molecule has 6 nitrogen and oxygen atoms in total. The molecule has 0 bridgehead atoms. The summed E-state index contributed by atoms with van der Waals surface area (Å²) < 4.78 is 0. The second-order valence-electron chi connectivity index (χ2n) is 4.78. The van der Waals surface area contributed by atoms with Gasteiger partial charge in [0.2, 0.25) is 11.9 Å². The van der Waals surface area contributed by atoms with Crippen molar-refractivity contribution in [2.75, 3.05) is 31.3 Å². The number of carbonyl (C=O) groups is 1. The van der Waals surface area contributed by atoms with Crippen LogP contribution in [0.3, 0.4) is 0 Å². The third-order valence-electron chi connectivity index (χ3n) is 2.63. The van der Waals surface area contributed by atoms with Crippen LogP contribution in [0.2, 0.25) is 0 Å². The van der Waals surface area contributed by atoms with Crippen LogP contribution in [-0.4, -0.2) is 36.5 Å². The maximum atomic E-state index is 11.6. The van der Waals surface area contributed by atoms with Gasteiger partial charge in [0.1, 0.15) is 5.82 Å². The molecule has 1 rings (SSSR count). The van der Waals surface area contributed by atoms with E-state index < -0.39 is 5.41 Å². The Morgan fingerprint density at radius 1 is 1.33 bits per heavy atom. The Kier molecular flexibility index (Phi) is 4.47. The summed E-state index contributed by atoms with van der Waals surface area (Å²) in [6.45, 7) is 6.17. The molecule has 100 valence electrons. The van der Waals surface area contributed by atoms with Gasteiger partial charge in [-0.2, -0.15) is 4.98 Å². The summed E-state index contributed by atoms with van der Waals surface area (Å²) in [6, 6.07) is 1.85. The quantitative estimate of drug-likeness (QED) is 0.728. The molecule has 3 N–H and O–H groups in total. The van der Waals surface area contributed by atoms with E-state index in [1.807, 2.05) is 26.8 Å². The summed E-state index contributed by atoms with van der Waals surface area (Å²) in [6.07, 6.45) is 0. The van der Waals surface area contributed by atoms with E-state index in [0.717, 1.165) is 5.69 Å². The van der Waals surface area contributed by atoms with E-state index in [9.17, 15) is 4.79 Å². The topological polar surface area (TPSA) is 78.9 Å². The number of hydrogen-bond donors (Lipinski definition) is 3.